The van der Waals surface area contributed by atoms with Crippen LogP contribution in [0.4, 0.5) is 13.2 Å². The van der Waals surface area contributed by atoms with Gasteiger partial charge in [-0.05, 0) is 17.9 Å². The lowest BCUT2D eigenvalue weighted by molar-refractivity contribution is 0.118. The van der Waals surface area contributed by atoms with E-state index in [0.717, 1.165) is 0 Å². The molecule has 1 aromatic carbocycles. The van der Waals surface area contributed by atoms with Gasteiger partial charge < -0.3 is 5.11 Å². The highest BCUT2D eigenvalue weighted by Gasteiger charge is 2.22. The van der Waals surface area contributed by atoms with E-state index in [0.29, 0.717) is 12.1 Å². The van der Waals surface area contributed by atoms with Crippen molar-refractivity contribution in [2.75, 3.05) is 0 Å². The number of hydrogen-bond acceptors (Lipinski definition) is 1. The molecule has 0 saturated heterocycles. The minimum Gasteiger partial charge on any atom is -0.388 e. The van der Waals surface area contributed by atoms with E-state index in [2.05, 4.69) is 0 Å². The second kappa shape index (κ2) is 4.45. The van der Waals surface area contributed by atoms with Crippen LogP contribution >= 0.6 is 0 Å². The fraction of sp³-hybridized carbons (Fsp3) is 0.500. The molecule has 0 spiro atoms. The van der Waals surface area contributed by atoms with E-state index in [1.807, 2.05) is 20.8 Å². The van der Waals surface area contributed by atoms with Crippen LogP contribution in [-0.2, 0) is 0 Å². The van der Waals surface area contributed by atoms with Crippen molar-refractivity contribution in [3.05, 3.63) is 35.1 Å². The number of aliphatic hydroxyl groups excluding tert-OH is 1. The van der Waals surface area contributed by atoms with Gasteiger partial charge in [-0.3, -0.25) is 0 Å². The summed E-state index contributed by atoms with van der Waals surface area (Å²) in [6.45, 7) is 5.61. The zero-order valence-corrected chi connectivity index (χ0v) is 9.52. The molecule has 1 atom stereocenters. The fourth-order valence-corrected chi connectivity index (χ4v) is 1.48. The Morgan fingerprint density at radius 2 is 1.56 bits per heavy atom. The lowest BCUT2D eigenvalue weighted by Crippen LogP contribution is -2.13. The van der Waals surface area contributed by atoms with Gasteiger partial charge in [-0.25, -0.2) is 13.2 Å². The number of hydrogen-bond donors (Lipinski definition) is 1. The summed E-state index contributed by atoms with van der Waals surface area (Å²) in [5.41, 5.74) is -0.426. The van der Waals surface area contributed by atoms with Crippen LogP contribution in [0.2, 0.25) is 0 Å². The number of halogens is 3. The summed E-state index contributed by atoms with van der Waals surface area (Å²) >= 11 is 0. The topological polar surface area (TPSA) is 20.2 Å². The molecule has 0 bridgehead atoms. The first-order valence-electron chi connectivity index (χ1n) is 5.03. The highest BCUT2D eigenvalue weighted by atomic mass is 19.2. The third-order valence-electron chi connectivity index (χ3n) is 2.20. The maximum atomic E-state index is 13.3. The molecule has 0 aliphatic heterocycles. The summed E-state index contributed by atoms with van der Waals surface area (Å²) in [5, 5.41) is 9.72. The fourth-order valence-electron chi connectivity index (χ4n) is 1.48. The summed E-state index contributed by atoms with van der Waals surface area (Å²) in [6.07, 6.45) is -0.857. The maximum absolute atomic E-state index is 13.3. The standard InChI is InChI=1S/C12H15F3O/c1-12(2,3)6-11(16)7-4-9(14)10(15)5-8(7)13/h4-5,11,16H,6H2,1-3H3. The van der Waals surface area contributed by atoms with E-state index in [1.54, 1.807) is 0 Å². The van der Waals surface area contributed by atoms with Crippen LogP contribution in [0.25, 0.3) is 0 Å². The molecule has 90 valence electrons. The molecule has 16 heavy (non-hydrogen) atoms. The van der Waals surface area contributed by atoms with Gasteiger partial charge in [0, 0.05) is 11.6 Å². The van der Waals surface area contributed by atoms with E-state index >= 15 is 0 Å². The predicted octanol–water partition coefficient (Wildman–Crippen LogP) is 3.57. The summed E-state index contributed by atoms with van der Waals surface area (Å²) in [6, 6.07) is 1.16. The van der Waals surface area contributed by atoms with Crippen molar-refractivity contribution < 1.29 is 18.3 Å². The SMILES string of the molecule is CC(C)(C)CC(O)c1cc(F)c(F)cc1F. The van der Waals surface area contributed by atoms with E-state index in [4.69, 9.17) is 0 Å². The second-order valence-corrected chi connectivity index (χ2v) is 5.07. The molecule has 0 aliphatic rings. The smallest absolute Gasteiger partial charge is 0.161 e. The zero-order valence-electron chi connectivity index (χ0n) is 9.52. The number of rotatable bonds is 2. The van der Waals surface area contributed by atoms with E-state index in [-0.39, 0.29) is 17.4 Å². The summed E-state index contributed by atoms with van der Waals surface area (Å²) < 4.78 is 38.9. The van der Waals surface area contributed by atoms with Crippen molar-refractivity contribution >= 4 is 0 Å². The molecule has 1 N–H and O–H groups in total. The molecular formula is C12H15F3O. The molecule has 0 heterocycles. The van der Waals surface area contributed by atoms with Crippen LogP contribution in [0.3, 0.4) is 0 Å². The first kappa shape index (κ1) is 13.0. The van der Waals surface area contributed by atoms with Crippen molar-refractivity contribution in [1.82, 2.24) is 0 Å². The van der Waals surface area contributed by atoms with Gasteiger partial charge >= 0.3 is 0 Å². The van der Waals surface area contributed by atoms with Gasteiger partial charge in [0.05, 0.1) is 6.10 Å². The molecule has 1 nitrogen and oxygen atoms in total. The van der Waals surface area contributed by atoms with E-state index < -0.39 is 23.6 Å². The van der Waals surface area contributed by atoms with Crippen molar-refractivity contribution in [1.29, 1.82) is 0 Å². The second-order valence-electron chi connectivity index (χ2n) is 5.07. The van der Waals surface area contributed by atoms with Gasteiger partial charge in [-0.2, -0.15) is 0 Å². The minimum absolute atomic E-state index is 0.200. The third kappa shape index (κ3) is 3.23. The minimum atomic E-state index is -1.25. The summed E-state index contributed by atoms with van der Waals surface area (Å²) in [5.74, 6) is -3.32. The molecule has 0 radical (unpaired) electrons. The molecule has 1 unspecified atom stereocenters. The van der Waals surface area contributed by atoms with Crippen molar-refractivity contribution in [3.8, 4) is 0 Å². The highest BCUT2D eigenvalue weighted by molar-refractivity contribution is 5.22. The van der Waals surface area contributed by atoms with Crippen LogP contribution < -0.4 is 0 Å². The van der Waals surface area contributed by atoms with Gasteiger partial charge in [0.1, 0.15) is 5.82 Å². The Labute approximate surface area is 92.9 Å². The largest absolute Gasteiger partial charge is 0.388 e. The van der Waals surface area contributed by atoms with Gasteiger partial charge in [0.2, 0.25) is 0 Å². The van der Waals surface area contributed by atoms with E-state index in [1.165, 1.54) is 0 Å². The quantitative estimate of drug-likeness (QED) is 0.773. The Kier molecular flexibility index (Phi) is 3.63. The molecule has 1 rings (SSSR count). The Hall–Kier alpha value is -1.03. The Balaban J connectivity index is 3.00. The number of benzene rings is 1. The molecule has 0 aromatic heterocycles. The Morgan fingerprint density at radius 1 is 1.06 bits per heavy atom. The molecule has 1 aromatic rings. The molecule has 0 aliphatic carbocycles. The zero-order chi connectivity index (χ0) is 12.5. The first-order chi connectivity index (χ1) is 7.20. The van der Waals surface area contributed by atoms with Crippen molar-refractivity contribution in [3.63, 3.8) is 0 Å². The lowest BCUT2D eigenvalue weighted by atomic mass is 9.87. The van der Waals surface area contributed by atoms with Crippen LogP contribution in [0.1, 0.15) is 38.9 Å². The third-order valence-corrected chi connectivity index (χ3v) is 2.20. The number of aliphatic hydroxyl groups is 1. The average Bonchev–Trinajstić information content (AvgIpc) is 2.08. The first-order valence-corrected chi connectivity index (χ1v) is 5.03. The van der Waals surface area contributed by atoms with Gasteiger partial charge in [-0.15, -0.1) is 0 Å². The van der Waals surface area contributed by atoms with Gasteiger partial charge in [-0.1, -0.05) is 20.8 Å². The highest BCUT2D eigenvalue weighted by Crippen LogP contribution is 2.31. The summed E-state index contributed by atoms with van der Waals surface area (Å²) in [4.78, 5) is 0. The normalized spacial score (nSPS) is 13.9. The molecular weight excluding hydrogens is 217 g/mol. The lowest BCUT2D eigenvalue weighted by Gasteiger charge is -2.22. The van der Waals surface area contributed by atoms with E-state index in [9.17, 15) is 18.3 Å². The van der Waals surface area contributed by atoms with Crippen LogP contribution in [0, 0.1) is 22.9 Å². The molecule has 0 amide bonds. The van der Waals surface area contributed by atoms with Crippen molar-refractivity contribution in [2.45, 2.75) is 33.3 Å². The Bertz CT molecular complexity index is 383. The average molecular weight is 232 g/mol. The Morgan fingerprint density at radius 3 is 2.06 bits per heavy atom. The van der Waals surface area contributed by atoms with Gasteiger partial charge in [0.15, 0.2) is 11.6 Å². The van der Waals surface area contributed by atoms with Crippen LogP contribution in [0.15, 0.2) is 12.1 Å². The van der Waals surface area contributed by atoms with Crippen molar-refractivity contribution in [2.24, 2.45) is 5.41 Å². The molecule has 4 heteroatoms. The molecule has 0 saturated carbocycles. The predicted molar refractivity (Wildman–Crippen MR) is 55.3 cm³/mol. The van der Waals surface area contributed by atoms with Crippen LogP contribution in [-0.4, -0.2) is 5.11 Å². The van der Waals surface area contributed by atoms with Gasteiger partial charge in [0.25, 0.3) is 0 Å². The van der Waals surface area contributed by atoms with Crippen LogP contribution in [0.5, 0.6) is 0 Å². The summed E-state index contributed by atoms with van der Waals surface area (Å²) in [7, 11) is 0. The maximum Gasteiger partial charge on any atom is 0.161 e. The monoisotopic (exact) mass is 232 g/mol. The molecule has 0 fully saturated rings.